The molecule has 0 bridgehead atoms. The van der Waals surface area contributed by atoms with Crippen molar-refractivity contribution in [3.63, 3.8) is 0 Å². The highest BCUT2D eigenvalue weighted by atomic mass is 16.5. The van der Waals surface area contributed by atoms with Gasteiger partial charge in [0.05, 0.1) is 13.7 Å². The molecule has 0 amide bonds. The van der Waals surface area contributed by atoms with Gasteiger partial charge >= 0.3 is 0 Å². The Bertz CT molecular complexity index is 560. The molecule has 0 aliphatic carbocycles. The number of hydrogen-bond acceptors (Lipinski definition) is 3. The van der Waals surface area contributed by atoms with E-state index < -0.39 is 0 Å². The molecule has 2 aromatic rings. The molecule has 1 aromatic carbocycles. The lowest BCUT2D eigenvalue weighted by Gasteiger charge is -2.09. The smallest absolute Gasteiger partial charge is 0.189 e. The molecule has 4 nitrogen and oxygen atoms in total. The first-order chi connectivity index (χ1) is 7.76. The van der Waals surface area contributed by atoms with E-state index in [1.165, 1.54) is 6.07 Å². The quantitative estimate of drug-likeness (QED) is 0.854. The normalized spacial score (nSPS) is 10.6. The van der Waals surface area contributed by atoms with Gasteiger partial charge in [-0.2, -0.15) is 0 Å². The lowest BCUT2D eigenvalue weighted by molar-refractivity contribution is 0.182. The van der Waals surface area contributed by atoms with Crippen LogP contribution in [-0.4, -0.2) is 19.2 Å². The number of aromatic amines is 1. The monoisotopic (exact) mass is 219 g/mol. The summed E-state index contributed by atoms with van der Waals surface area (Å²) in [6.07, 6.45) is 1.63. The summed E-state index contributed by atoms with van der Waals surface area (Å²) in [7, 11) is 3.20. The highest BCUT2D eigenvalue weighted by Gasteiger charge is 2.07. The molecule has 1 heterocycles. The molecule has 0 aliphatic rings. The number of ether oxygens (including phenoxy) is 2. The summed E-state index contributed by atoms with van der Waals surface area (Å²) >= 11 is 0. The summed E-state index contributed by atoms with van der Waals surface area (Å²) in [5.41, 5.74) is 1.69. The molecule has 0 saturated carbocycles. The summed E-state index contributed by atoms with van der Waals surface area (Å²) < 4.78 is 10.3. The minimum atomic E-state index is -0.0176. The van der Waals surface area contributed by atoms with Gasteiger partial charge in [-0.3, -0.25) is 4.79 Å². The van der Waals surface area contributed by atoms with E-state index in [2.05, 4.69) is 4.98 Å². The lowest BCUT2D eigenvalue weighted by Crippen LogP contribution is -2.02. The number of pyridine rings is 1. The van der Waals surface area contributed by atoms with Gasteiger partial charge < -0.3 is 14.5 Å². The Morgan fingerprint density at radius 3 is 2.81 bits per heavy atom. The summed E-state index contributed by atoms with van der Waals surface area (Å²) in [5, 5.41) is 0.624. The van der Waals surface area contributed by atoms with Gasteiger partial charge in [-0.15, -0.1) is 0 Å². The van der Waals surface area contributed by atoms with Gasteiger partial charge in [-0.1, -0.05) is 0 Å². The Balaban J connectivity index is 2.70. The van der Waals surface area contributed by atoms with Crippen molar-refractivity contribution in [2.75, 3.05) is 14.2 Å². The molecule has 0 atom stereocenters. The van der Waals surface area contributed by atoms with E-state index in [0.29, 0.717) is 17.7 Å². The number of fused-ring (bicyclic) bond motifs is 1. The second-order valence-electron chi connectivity index (χ2n) is 3.48. The summed E-state index contributed by atoms with van der Waals surface area (Å²) in [5.74, 6) is 0.672. The largest absolute Gasteiger partial charge is 0.496 e. The summed E-state index contributed by atoms with van der Waals surface area (Å²) in [6, 6.07) is 5.11. The van der Waals surface area contributed by atoms with Gasteiger partial charge in [0.25, 0.3) is 0 Å². The molecule has 4 heteroatoms. The molecular weight excluding hydrogens is 206 g/mol. The van der Waals surface area contributed by atoms with E-state index in [-0.39, 0.29) is 5.43 Å². The van der Waals surface area contributed by atoms with Gasteiger partial charge in [0.15, 0.2) is 5.43 Å². The van der Waals surface area contributed by atoms with Crippen molar-refractivity contribution < 1.29 is 9.47 Å². The van der Waals surface area contributed by atoms with Crippen LogP contribution in [0.3, 0.4) is 0 Å². The number of methoxy groups -OCH3 is 2. The second kappa shape index (κ2) is 4.37. The van der Waals surface area contributed by atoms with Crippen LogP contribution >= 0.6 is 0 Å². The topological polar surface area (TPSA) is 51.3 Å². The first-order valence-electron chi connectivity index (χ1n) is 4.93. The van der Waals surface area contributed by atoms with Crippen molar-refractivity contribution in [3.05, 3.63) is 40.2 Å². The Morgan fingerprint density at radius 1 is 1.31 bits per heavy atom. The zero-order valence-electron chi connectivity index (χ0n) is 9.24. The molecule has 0 fully saturated rings. The van der Waals surface area contributed by atoms with Crippen molar-refractivity contribution in [1.82, 2.24) is 4.98 Å². The molecule has 0 aliphatic heterocycles. The van der Waals surface area contributed by atoms with Crippen LogP contribution in [-0.2, 0) is 11.3 Å². The highest BCUT2D eigenvalue weighted by Crippen LogP contribution is 2.23. The van der Waals surface area contributed by atoms with Crippen molar-refractivity contribution in [2.24, 2.45) is 0 Å². The first kappa shape index (κ1) is 10.7. The highest BCUT2D eigenvalue weighted by molar-refractivity contribution is 5.81. The zero-order valence-corrected chi connectivity index (χ0v) is 9.24. The number of benzene rings is 1. The molecule has 0 saturated heterocycles. The summed E-state index contributed by atoms with van der Waals surface area (Å²) in [4.78, 5) is 14.6. The van der Waals surface area contributed by atoms with Gasteiger partial charge in [-0.05, 0) is 12.1 Å². The Kier molecular flexibility index (Phi) is 2.92. The maximum Gasteiger partial charge on any atom is 0.189 e. The van der Waals surface area contributed by atoms with Crippen LogP contribution in [0.5, 0.6) is 5.75 Å². The predicted molar refractivity (Wildman–Crippen MR) is 61.8 cm³/mol. The van der Waals surface area contributed by atoms with E-state index in [4.69, 9.17) is 9.47 Å². The van der Waals surface area contributed by atoms with Crippen molar-refractivity contribution >= 4 is 10.9 Å². The Labute approximate surface area is 92.8 Å². The van der Waals surface area contributed by atoms with Crippen molar-refractivity contribution in [1.29, 1.82) is 0 Å². The molecule has 84 valence electrons. The van der Waals surface area contributed by atoms with Crippen LogP contribution in [0.1, 0.15) is 5.56 Å². The van der Waals surface area contributed by atoms with Crippen molar-refractivity contribution in [2.45, 2.75) is 6.61 Å². The van der Waals surface area contributed by atoms with E-state index >= 15 is 0 Å². The molecule has 2 rings (SSSR count). The standard InChI is InChI=1S/C12H13NO3/c1-15-7-8-5-10-9(6-12(8)16-2)11(14)3-4-13-10/h3-6H,7H2,1-2H3,(H,13,14). The number of hydrogen-bond donors (Lipinski definition) is 1. The van der Waals surface area contributed by atoms with E-state index in [0.717, 1.165) is 11.1 Å². The fraction of sp³-hybridized carbons (Fsp3) is 0.250. The van der Waals surface area contributed by atoms with E-state index in [9.17, 15) is 4.79 Å². The fourth-order valence-electron chi connectivity index (χ4n) is 1.70. The van der Waals surface area contributed by atoms with Crippen LogP contribution in [0.15, 0.2) is 29.2 Å². The molecule has 0 spiro atoms. The van der Waals surface area contributed by atoms with Crippen LogP contribution in [0.4, 0.5) is 0 Å². The molecule has 16 heavy (non-hydrogen) atoms. The molecular formula is C12H13NO3. The number of nitrogens with one attached hydrogen (secondary N) is 1. The van der Waals surface area contributed by atoms with Crippen molar-refractivity contribution in [3.8, 4) is 5.75 Å². The maximum absolute atomic E-state index is 11.6. The van der Waals surface area contributed by atoms with E-state index in [1.807, 2.05) is 6.07 Å². The van der Waals surface area contributed by atoms with Crippen LogP contribution in [0.25, 0.3) is 10.9 Å². The predicted octanol–water partition coefficient (Wildman–Crippen LogP) is 1.68. The zero-order chi connectivity index (χ0) is 11.5. The Morgan fingerprint density at radius 2 is 2.12 bits per heavy atom. The minimum absolute atomic E-state index is 0.0176. The van der Waals surface area contributed by atoms with Crippen LogP contribution < -0.4 is 10.2 Å². The van der Waals surface area contributed by atoms with Crippen LogP contribution in [0, 0.1) is 0 Å². The third-order valence-electron chi connectivity index (χ3n) is 2.46. The average Bonchev–Trinajstić information content (AvgIpc) is 2.29. The third kappa shape index (κ3) is 1.79. The van der Waals surface area contributed by atoms with Gasteiger partial charge in [0.1, 0.15) is 5.75 Å². The number of aromatic nitrogens is 1. The van der Waals surface area contributed by atoms with Gasteiger partial charge in [0.2, 0.25) is 0 Å². The molecule has 1 aromatic heterocycles. The SMILES string of the molecule is COCc1cc2[nH]ccc(=O)c2cc1OC. The van der Waals surface area contributed by atoms with Gasteiger partial charge in [0, 0.05) is 35.8 Å². The average molecular weight is 219 g/mol. The summed E-state index contributed by atoms with van der Waals surface area (Å²) in [6.45, 7) is 0.454. The Hall–Kier alpha value is -1.81. The lowest BCUT2D eigenvalue weighted by atomic mass is 10.1. The van der Waals surface area contributed by atoms with E-state index in [1.54, 1.807) is 26.5 Å². The molecule has 0 unspecified atom stereocenters. The van der Waals surface area contributed by atoms with Crippen LogP contribution in [0.2, 0.25) is 0 Å². The second-order valence-corrected chi connectivity index (χ2v) is 3.48. The molecule has 1 N–H and O–H groups in total. The van der Waals surface area contributed by atoms with Gasteiger partial charge in [-0.25, -0.2) is 0 Å². The minimum Gasteiger partial charge on any atom is -0.496 e. The molecule has 0 radical (unpaired) electrons. The number of rotatable bonds is 3. The number of H-pyrrole nitrogens is 1. The first-order valence-corrected chi connectivity index (χ1v) is 4.93. The maximum atomic E-state index is 11.6. The third-order valence-corrected chi connectivity index (χ3v) is 2.46. The fourth-order valence-corrected chi connectivity index (χ4v) is 1.70.